The fourth-order valence-corrected chi connectivity index (χ4v) is 3.21. The summed E-state index contributed by atoms with van der Waals surface area (Å²) in [6, 6.07) is 21.1. The van der Waals surface area contributed by atoms with Gasteiger partial charge in [-0.3, -0.25) is 4.79 Å². The Morgan fingerprint density at radius 2 is 1.63 bits per heavy atom. The lowest BCUT2D eigenvalue weighted by Gasteiger charge is -2.21. The van der Waals surface area contributed by atoms with Gasteiger partial charge in [-0.05, 0) is 67.9 Å². The number of rotatable bonds is 8. The maximum absolute atomic E-state index is 12.8. The molecule has 0 aliphatic rings. The molecule has 0 fully saturated rings. The van der Waals surface area contributed by atoms with Crippen LogP contribution in [0.5, 0.6) is 5.75 Å². The van der Waals surface area contributed by atoms with Gasteiger partial charge in [-0.1, -0.05) is 29.8 Å². The van der Waals surface area contributed by atoms with Crippen molar-refractivity contribution in [2.45, 2.75) is 26.3 Å². The van der Waals surface area contributed by atoms with Crippen molar-refractivity contribution in [3.05, 3.63) is 95.1 Å². The predicted molar refractivity (Wildman–Crippen MR) is 117 cm³/mol. The molecule has 154 valence electrons. The number of benzene rings is 3. The van der Waals surface area contributed by atoms with Crippen molar-refractivity contribution >= 4 is 17.4 Å². The van der Waals surface area contributed by atoms with Gasteiger partial charge < -0.3 is 15.2 Å². The van der Waals surface area contributed by atoms with Gasteiger partial charge in [0.15, 0.2) is 5.78 Å². The normalized spacial score (nSPS) is 11.5. The molecule has 0 aliphatic heterocycles. The van der Waals surface area contributed by atoms with E-state index < -0.39 is 0 Å². The molecule has 3 aromatic rings. The standard InChI is InChI=1S/C25H25NO4/c1-3-30-25(29)19-7-11-21(12-8-19)26-23(20-6-4-5-17(2)15-20)16-24(28)18-9-13-22(27)14-10-18/h4-15,23,26-27H,3,16H2,1-2H3. The summed E-state index contributed by atoms with van der Waals surface area (Å²) >= 11 is 0. The van der Waals surface area contributed by atoms with Gasteiger partial charge in [-0.2, -0.15) is 0 Å². The number of phenols is 1. The van der Waals surface area contributed by atoms with E-state index in [4.69, 9.17) is 4.74 Å². The monoisotopic (exact) mass is 403 g/mol. The summed E-state index contributed by atoms with van der Waals surface area (Å²) in [7, 11) is 0. The molecule has 0 aromatic heterocycles. The molecular weight excluding hydrogens is 378 g/mol. The summed E-state index contributed by atoms with van der Waals surface area (Å²) in [5, 5.41) is 12.9. The Bertz CT molecular complexity index is 1010. The molecule has 0 bridgehead atoms. The maximum atomic E-state index is 12.8. The molecule has 5 nitrogen and oxygen atoms in total. The van der Waals surface area contributed by atoms with Crippen LogP contribution >= 0.6 is 0 Å². The quantitative estimate of drug-likeness (QED) is 0.394. The first-order chi connectivity index (χ1) is 14.5. The Hall–Kier alpha value is -3.60. The van der Waals surface area contributed by atoms with Crippen LogP contribution < -0.4 is 5.32 Å². The van der Waals surface area contributed by atoms with E-state index in [1.54, 1.807) is 43.3 Å². The lowest BCUT2D eigenvalue weighted by Crippen LogP contribution is -2.16. The van der Waals surface area contributed by atoms with Crippen molar-refractivity contribution in [2.24, 2.45) is 0 Å². The molecule has 0 amide bonds. The number of anilines is 1. The second-order valence-corrected chi connectivity index (χ2v) is 7.08. The third-order valence-electron chi connectivity index (χ3n) is 4.76. The number of hydrogen-bond donors (Lipinski definition) is 2. The molecule has 1 unspecified atom stereocenters. The number of carbonyl (C=O) groups excluding carboxylic acids is 2. The van der Waals surface area contributed by atoms with Gasteiger partial charge >= 0.3 is 5.97 Å². The number of Topliss-reactive ketones (excluding diaryl/α,β-unsaturated/α-hetero) is 1. The molecule has 0 radical (unpaired) electrons. The summed E-state index contributed by atoms with van der Waals surface area (Å²) in [6.07, 6.45) is 0.244. The number of carbonyl (C=O) groups is 2. The summed E-state index contributed by atoms with van der Waals surface area (Å²) in [5.74, 6) is -0.263. The summed E-state index contributed by atoms with van der Waals surface area (Å²) < 4.78 is 5.02. The van der Waals surface area contributed by atoms with Crippen molar-refractivity contribution in [2.75, 3.05) is 11.9 Å². The summed E-state index contributed by atoms with van der Waals surface area (Å²) in [4.78, 5) is 24.7. The molecule has 30 heavy (non-hydrogen) atoms. The largest absolute Gasteiger partial charge is 0.508 e. The molecule has 2 N–H and O–H groups in total. The van der Waals surface area contributed by atoms with Gasteiger partial charge in [-0.25, -0.2) is 4.79 Å². The number of ketones is 1. The Morgan fingerprint density at radius 1 is 0.967 bits per heavy atom. The molecule has 1 atom stereocenters. The number of phenolic OH excluding ortho intramolecular Hbond substituents is 1. The number of aromatic hydroxyl groups is 1. The van der Waals surface area contributed by atoms with Crippen LogP contribution in [0.4, 0.5) is 5.69 Å². The second kappa shape index (κ2) is 9.74. The van der Waals surface area contributed by atoms with E-state index in [1.165, 1.54) is 12.1 Å². The van der Waals surface area contributed by atoms with E-state index in [-0.39, 0.29) is 30.0 Å². The highest BCUT2D eigenvalue weighted by Gasteiger charge is 2.18. The fraction of sp³-hybridized carbons (Fsp3) is 0.200. The molecule has 0 spiro atoms. The minimum atomic E-state index is -0.359. The smallest absolute Gasteiger partial charge is 0.338 e. The van der Waals surface area contributed by atoms with Crippen LogP contribution in [0.3, 0.4) is 0 Å². The fourth-order valence-electron chi connectivity index (χ4n) is 3.21. The highest BCUT2D eigenvalue weighted by Crippen LogP contribution is 2.26. The average Bonchev–Trinajstić information content (AvgIpc) is 2.74. The molecular formula is C25H25NO4. The number of nitrogens with one attached hydrogen (secondary N) is 1. The van der Waals surface area contributed by atoms with Crippen LogP contribution in [0, 0.1) is 6.92 Å². The summed E-state index contributed by atoms with van der Waals surface area (Å²) in [6.45, 7) is 4.11. The SMILES string of the molecule is CCOC(=O)c1ccc(NC(CC(=O)c2ccc(O)cc2)c2cccc(C)c2)cc1. The Labute approximate surface area is 176 Å². The predicted octanol–water partition coefficient (Wildman–Crippen LogP) is 5.30. The van der Waals surface area contributed by atoms with E-state index in [0.29, 0.717) is 17.7 Å². The van der Waals surface area contributed by atoms with Crippen molar-refractivity contribution in [3.63, 3.8) is 0 Å². The number of ether oxygens (including phenoxy) is 1. The minimum absolute atomic E-state index is 0.0304. The van der Waals surface area contributed by atoms with Crippen molar-refractivity contribution < 1.29 is 19.4 Å². The number of esters is 1. The maximum Gasteiger partial charge on any atom is 0.338 e. The number of aryl methyl sites for hydroxylation is 1. The molecule has 0 heterocycles. The van der Waals surface area contributed by atoms with Crippen molar-refractivity contribution in [1.29, 1.82) is 0 Å². The first-order valence-electron chi connectivity index (χ1n) is 9.89. The summed E-state index contributed by atoms with van der Waals surface area (Å²) in [5.41, 5.74) is 3.93. The van der Waals surface area contributed by atoms with Gasteiger partial charge in [0.1, 0.15) is 5.75 Å². The van der Waals surface area contributed by atoms with Gasteiger partial charge in [0, 0.05) is 17.7 Å². The first-order valence-corrected chi connectivity index (χ1v) is 9.89. The Morgan fingerprint density at radius 3 is 2.27 bits per heavy atom. The zero-order chi connectivity index (χ0) is 21.5. The Kier molecular flexibility index (Phi) is 6.86. The van der Waals surface area contributed by atoms with Crippen LogP contribution in [0.2, 0.25) is 0 Å². The highest BCUT2D eigenvalue weighted by molar-refractivity contribution is 5.97. The van der Waals surface area contributed by atoms with E-state index in [0.717, 1.165) is 16.8 Å². The third kappa shape index (κ3) is 5.47. The van der Waals surface area contributed by atoms with Crippen molar-refractivity contribution in [3.8, 4) is 5.75 Å². The third-order valence-corrected chi connectivity index (χ3v) is 4.76. The lowest BCUT2D eigenvalue weighted by atomic mass is 9.96. The Balaban J connectivity index is 1.82. The van der Waals surface area contributed by atoms with Crippen LogP contribution in [0.15, 0.2) is 72.8 Å². The zero-order valence-corrected chi connectivity index (χ0v) is 17.1. The van der Waals surface area contributed by atoms with Gasteiger partial charge in [0.2, 0.25) is 0 Å². The van der Waals surface area contributed by atoms with E-state index in [1.807, 2.05) is 25.1 Å². The van der Waals surface area contributed by atoms with Crippen LogP contribution in [-0.4, -0.2) is 23.5 Å². The van der Waals surface area contributed by atoms with Crippen LogP contribution in [0.25, 0.3) is 0 Å². The van der Waals surface area contributed by atoms with Gasteiger partial charge in [-0.15, -0.1) is 0 Å². The van der Waals surface area contributed by atoms with Crippen molar-refractivity contribution in [1.82, 2.24) is 0 Å². The lowest BCUT2D eigenvalue weighted by molar-refractivity contribution is 0.0526. The molecule has 0 saturated carbocycles. The molecule has 3 aromatic carbocycles. The van der Waals surface area contributed by atoms with Crippen LogP contribution in [0.1, 0.15) is 51.2 Å². The average molecular weight is 403 g/mol. The van der Waals surface area contributed by atoms with E-state index >= 15 is 0 Å². The molecule has 3 rings (SSSR count). The minimum Gasteiger partial charge on any atom is -0.508 e. The van der Waals surface area contributed by atoms with E-state index in [2.05, 4.69) is 11.4 Å². The molecule has 5 heteroatoms. The second-order valence-electron chi connectivity index (χ2n) is 7.08. The van der Waals surface area contributed by atoms with Gasteiger partial charge in [0.05, 0.1) is 18.2 Å². The van der Waals surface area contributed by atoms with Crippen LogP contribution in [-0.2, 0) is 4.74 Å². The first kappa shape index (κ1) is 21.1. The highest BCUT2D eigenvalue weighted by atomic mass is 16.5. The molecule has 0 aliphatic carbocycles. The van der Waals surface area contributed by atoms with E-state index in [9.17, 15) is 14.7 Å². The topological polar surface area (TPSA) is 75.6 Å². The van der Waals surface area contributed by atoms with Gasteiger partial charge in [0.25, 0.3) is 0 Å². The number of hydrogen-bond acceptors (Lipinski definition) is 5. The zero-order valence-electron chi connectivity index (χ0n) is 17.1. The molecule has 0 saturated heterocycles.